The summed E-state index contributed by atoms with van der Waals surface area (Å²) in [7, 11) is 0. The third-order valence-corrected chi connectivity index (χ3v) is 4.84. The van der Waals surface area contributed by atoms with Crippen LogP contribution in [-0.4, -0.2) is 54.3 Å². The van der Waals surface area contributed by atoms with Crippen LogP contribution in [0.25, 0.3) is 0 Å². The summed E-state index contributed by atoms with van der Waals surface area (Å²) in [5.41, 5.74) is 0.342. The lowest BCUT2D eigenvalue weighted by molar-refractivity contribution is -0.117. The van der Waals surface area contributed by atoms with Crippen LogP contribution >= 0.6 is 34.8 Å². The van der Waals surface area contributed by atoms with E-state index in [0.717, 1.165) is 0 Å². The second-order valence-electron chi connectivity index (χ2n) is 5.84. The Morgan fingerprint density at radius 2 is 1.73 bits per heavy atom. The molecule has 2 aromatic rings. The monoisotopic (exact) mass is 415 g/mol. The summed E-state index contributed by atoms with van der Waals surface area (Å²) in [6, 6.07) is 6.36. The maximum atomic E-state index is 12.3. The maximum Gasteiger partial charge on any atom is 0.289 e. The van der Waals surface area contributed by atoms with Gasteiger partial charge in [0.25, 0.3) is 5.91 Å². The number of nitrogens with one attached hydrogen (secondary N) is 1. The Bertz CT molecular complexity index is 780. The minimum atomic E-state index is -0.234. The van der Waals surface area contributed by atoms with Crippen LogP contribution in [0.5, 0.6) is 0 Å². The highest BCUT2D eigenvalue weighted by molar-refractivity contribution is 6.42. The van der Waals surface area contributed by atoms with Gasteiger partial charge in [-0.1, -0.05) is 34.8 Å². The number of hydrogen-bond donors (Lipinski definition) is 1. The van der Waals surface area contributed by atoms with Gasteiger partial charge in [-0.25, -0.2) is 0 Å². The van der Waals surface area contributed by atoms with Gasteiger partial charge < -0.3 is 14.6 Å². The average molecular weight is 417 g/mol. The number of rotatable bonds is 4. The van der Waals surface area contributed by atoms with E-state index in [-0.39, 0.29) is 28.4 Å². The molecule has 0 radical (unpaired) electrons. The molecule has 1 aliphatic heterocycles. The van der Waals surface area contributed by atoms with Crippen LogP contribution in [0.2, 0.25) is 15.1 Å². The Kier molecular flexibility index (Phi) is 6.09. The number of carbonyl (C=O) groups is 2. The molecule has 2 heterocycles. The average Bonchev–Trinajstić information content (AvgIpc) is 3.13. The van der Waals surface area contributed by atoms with Crippen molar-refractivity contribution in [1.82, 2.24) is 9.80 Å². The van der Waals surface area contributed by atoms with Crippen LogP contribution in [0.1, 0.15) is 10.6 Å². The Morgan fingerprint density at radius 1 is 1.08 bits per heavy atom. The smallest absolute Gasteiger partial charge is 0.289 e. The summed E-state index contributed by atoms with van der Waals surface area (Å²) in [6.07, 6.45) is 1.47. The highest BCUT2D eigenvalue weighted by Crippen LogP contribution is 2.33. The van der Waals surface area contributed by atoms with Gasteiger partial charge in [-0.15, -0.1) is 0 Å². The molecule has 0 atom stereocenters. The third-order valence-electron chi connectivity index (χ3n) is 4.03. The van der Waals surface area contributed by atoms with Crippen molar-refractivity contribution in [2.24, 2.45) is 0 Å². The van der Waals surface area contributed by atoms with Crippen molar-refractivity contribution < 1.29 is 14.0 Å². The first kappa shape index (κ1) is 19.0. The summed E-state index contributed by atoms with van der Waals surface area (Å²) in [4.78, 5) is 28.2. The van der Waals surface area contributed by atoms with Crippen LogP contribution in [0.4, 0.5) is 5.69 Å². The van der Waals surface area contributed by atoms with E-state index in [9.17, 15) is 9.59 Å². The molecule has 0 unspecified atom stereocenters. The number of benzene rings is 1. The Labute approximate surface area is 165 Å². The zero-order valence-corrected chi connectivity index (χ0v) is 15.9. The molecule has 1 aromatic heterocycles. The standard InChI is InChI=1S/C17H16Cl3N3O3/c18-11-8-12(19)16(13(20)9-11)21-15(24)10-22-3-5-23(6-4-22)17(25)14-2-1-7-26-14/h1-2,7-9H,3-6,10H2,(H,21,24). The van der Waals surface area contributed by atoms with Crippen molar-refractivity contribution in [1.29, 1.82) is 0 Å². The molecular formula is C17H16Cl3N3O3. The SMILES string of the molecule is O=C(CN1CCN(C(=O)c2ccco2)CC1)Nc1c(Cl)cc(Cl)cc1Cl. The van der Waals surface area contributed by atoms with E-state index in [0.29, 0.717) is 42.6 Å². The highest BCUT2D eigenvalue weighted by atomic mass is 35.5. The molecule has 0 saturated carbocycles. The van der Waals surface area contributed by atoms with E-state index in [2.05, 4.69) is 5.32 Å². The number of furan rings is 1. The number of nitrogens with zero attached hydrogens (tertiary/aromatic N) is 2. The molecule has 1 N–H and O–H groups in total. The molecule has 1 aliphatic rings. The molecule has 1 aromatic carbocycles. The van der Waals surface area contributed by atoms with E-state index >= 15 is 0 Å². The van der Waals surface area contributed by atoms with Crippen LogP contribution < -0.4 is 5.32 Å². The number of piperazine rings is 1. The summed E-state index contributed by atoms with van der Waals surface area (Å²) < 4.78 is 5.13. The largest absolute Gasteiger partial charge is 0.459 e. The van der Waals surface area contributed by atoms with E-state index in [4.69, 9.17) is 39.2 Å². The van der Waals surface area contributed by atoms with Crippen molar-refractivity contribution in [3.05, 3.63) is 51.4 Å². The lowest BCUT2D eigenvalue weighted by atomic mass is 10.2. The predicted molar refractivity (Wildman–Crippen MR) is 101 cm³/mol. The third kappa shape index (κ3) is 4.51. The second kappa shape index (κ2) is 8.31. The number of anilines is 1. The fourth-order valence-corrected chi connectivity index (χ4v) is 3.62. The van der Waals surface area contributed by atoms with E-state index in [1.54, 1.807) is 17.0 Å². The predicted octanol–water partition coefficient (Wildman–Crippen LogP) is 3.64. The lowest BCUT2D eigenvalue weighted by Crippen LogP contribution is -2.50. The molecule has 6 nitrogen and oxygen atoms in total. The van der Waals surface area contributed by atoms with Crippen molar-refractivity contribution in [2.75, 3.05) is 38.0 Å². The first-order chi connectivity index (χ1) is 12.4. The Balaban J connectivity index is 1.52. The minimum absolute atomic E-state index is 0.140. The summed E-state index contributed by atoms with van der Waals surface area (Å²) in [6.45, 7) is 2.40. The zero-order valence-electron chi connectivity index (χ0n) is 13.7. The molecule has 0 bridgehead atoms. The van der Waals surface area contributed by atoms with Gasteiger partial charge in [0.1, 0.15) is 0 Å². The van der Waals surface area contributed by atoms with Gasteiger partial charge in [0.15, 0.2) is 5.76 Å². The van der Waals surface area contributed by atoms with Crippen LogP contribution in [-0.2, 0) is 4.79 Å². The van der Waals surface area contributed by atoms with Crippen molar-refractivity contribution >= 4 is 52.3 Å². The van der Waals surface area contributed by atoms with Gasteiger partial charge in [0, 0.05) is 31.2 Å². The molecule has 0 spiro atoms. The Hall–Kier alpha value is -1.73. The molecule has 9 heteroatoms. The van der Waals surface area contributed by atoms with E-state index in [1.165, 1.54) is 18.4 Å². The van der Waals surface area contributed by atoms with Gasteiger partial charge in [0.05, 0.1) is 28.5 Å². The van der Waals surface area contributed by atoms with E-state index < -0.39 is 0 Å². The molecule has 0 aliphatic carbocycles. The quantitative estimate of drug-likeness (QED) is 0.826. The van der Waals surface area contributed by atoms with Gasteiger partial charge in [-0.3, -0.25) is 14.5 Å². The van der Waals surface area contributed by atoms with Crippen LogP contribution in [0.15, 0.2) is 34.9 Å². The normalized spacial score (nSPS) is 15.1. The molecular weight excluding hydrogens is 401 g/mol. The van der Waals surface area contributed by atoms with Gasteiger partial charge in [-0.2, -0.15) is 0 Å². The minimum Gasteiger partial charge on any atom is -0.459 e. The first-order valence-corrected chi connectivity index (χ1v) is 9.07. The topological polar surface area (TPSA) is 65.8 Å². The lowest BCUT2D eigenvalue weighted by Gasteiger charge is -2.33. The molecule has 1 saturated heterocycles. The number of amides is 2. The fourth-order valence-electron chi connectivity index (χ4n) is 2.71. The summed E-state index contributed by atoms with van der Waals surface area (Å²) >= 11 is 18.0. The molecule has 26 heavy (non-hydrogen) atoms. The first-order valence-electron chi connectivity index (χ1n) is 7.93. The number of carbonyl (C=O) groups excluding carboxylic acids is 2. The summed E-state index contributed by atoms with van der Waals surface area (Å²) in [5, 5.41) is 3.67. The molecule has 1 fully saturated rings. The number of halogens is 3. The number of hydrogen-bond acceptors (Lipinski definition) is 4. The second-order valence-corrected chi connectivity index (χ2v) is 7.09. The van der Waals surface area contributed by atoms with Crippen molar-refractivity contribution in [3.8, 4) is 0 Å². The molecule has 2 amide bonds. The van der Waals surface area contributed by atoms with E-state index in [1.807, 2.05) is 4.90 Å². The van der Waals surface area contributed by atoms with Gasteiger partial charge >= 0.3 is 0 Å². The maximum absolute atomic E-state index is 12.3. The Morgan fingerprint density at radius 3 is 2.31 bits per heavy atom. The fraction of sp³-hybridized carbons (Fsp3) is 0.294. The summed E-state index contributed by atoms with van der Waals surface area (Å²) in [5.74, 6) is -0.0519. The molecule has 3 rings (SSSR count). The van der Waals surface area contributed by atoms with Crippen LogP contribution in [0.3, 0.4) is 0 Å². The molecule has 138 valence electrons. The van der Waals surface area contributed by atoms with Crippen molar-refractivity contribution in [3.63, 3.8) is 0 Å². The van der Waals surface area contributed by atoms with Crippen LogP contribution in [0, 0.1) is 0 Å². The van der Waals surface area contributed by atoms with Gasteiger partial charge in [-0.05, 0) is 24.3 Å². The zero-order chi connectivity index (χ0) is 18.7. The highest BCUT2D eigenvalue weighted by Gasteiger charge is 2.25. The van der Waals surface area contributed by atoms with Crippen molar-refractivity contribution in [2.45, 2.75) is 0 Å². The van der Waals surface area contributed by atoms with Gasteiger partial charge in [0.2, 0.25) is 5.91 Å².